The first-order valence-corrected chi connectivity index (χ1v) is 7.48. The van der Waals surface area contributed by atoms with Gasteiger partial charge in [-0.05, 0) is 36.5 Å². The van der Waals surface area contributed by atoms with Crippen LogP contribution in [0.3, 0.4) is 0 Å². The molecular formula is C16H26ClN. The summed E-state index contributed by atoms with van der Waals surface area (Å²) in [5, 5.41) is 0.824. The third kappa shape index (κ3) is 4.29. The van der Waals surface area contributed by atoms with Gasteiger partial charge in [-0.3, -0.25) is 0 Å². The highest BCUT2D eigenvalue weighted by atomic mass is 35.5. The van der Waals surface area contributed by atoms with Gasteiger partial charge < -0.3 is 5.73 Å². The van der Waals surface area contributed by atoms with E-state index in [1.165, 1.54) is 31.2 Å². The summed E-state index contributed by atoms with van der Waals surface area (Å²) >= 11 is 6.16. The van der Waals surface area contributed by atoms with Gasteiger partial charge in [0, 0.05) is 11.1 Å². The molecule has 2 heteroatoms. The fraction of sp³-hybridized carbons (Fsp3) is 0.625. The number of rotatable bonds is 7. The molecular weight excluding hydrogens is 242 g/mol. The molecule has 0 saturated carbocycles. The topological polar surface area (TPSA) is 26.0 Å². The van der Waals surface area contributed by atoms with Crippen molar-refractivity contribution in [2.45, 2.75) is 58.9 Å². The fourth-order valence-corrected chi connectivity index (χ4v) is 2.68. The number of halogens is 1. The molecule has 0 heterocycles. The molecule has 18 heavy (non-hydrogen) atoms. The van der Waals surface area contributed by atoms with Crippen LogP contribution in [-0.4, -0.2) is 0 Å². The van der Waals surface area contributed by atoms with Crippen LogP contribution in [0.4, 0.5) is 0 Å². The van der Waals surface area contributed by atoms with Crippen LogP contribution < -0.4 is 5.73 Å². The lowest BCUT2D eigenvalue weighted by atomic mass is 9.88. The average Bonchev–Trinajstić information content (AvgIpc) is 2.37. The molecule has 2 atom stereocenters. The van der Waals surface area contributed by atoms with Gasteiger partial charge in [0.05, 0.1) is 0 Å². The Bertz CT molecular complexity index is 362. The maximum Gasteiger partial charge on any atom is 0.0438 e. The Morgan fingerprint density at radius 2 is 2.00 bits per heavy atom. The molecule has 0 radical (unpaired) electrons. The van der Waals surface area contributed by atoms with E-state index in [1.54, 1.807) is 0 Å². The van der Waals surface area contributed by atoms with E-state index in [-0.39, 0.29) is 6.04 Å². The first-order valence-electron chi connectivity index (χ1n) is 7.10. The second-order valence-electron chi connectivity index (χ2n) is 5.21. The summed E-state index contributed by atoms with van der Waals surface area (Å²) in [5.74, 6) is 0.735. The highest BCUT2D eigenvalue weighted by molar-refractivity contribution is 6.31. The zero-order valence-corrected chi connectivity index (χ0v) is 12.6. The molecule has 1 rings (SSSR count). The summed E-state index contributed by atoms with van der Waals surface area (Å²) in [5.41, 5.74) is 8.70. The maximum atomic E-state index is 6.35. The van der Waals surface area contributed by atoms with Crippen LogP contribution in [-0.2, 0) is 0 Å². The van der Waals surface area contributed by atoms with Gasteiger partial charge >= 0.3 is 0 Å². The molecule has 2 N–H and O–H groups in total. The normalized spacial score (nSPS) is 14.5. The van der Waals surface area contributed by atoms with Crippen LogP contribution in [0.5, 0.6) is 0 Å². The van der Waals surface area contributed by atoms with Crippen molar-refractivity contribution in [2.75, 3.05) is 0 Å². The highest BCUT2D eigenvalue weighted by Crippen LogP contribution is 2.29. The zero-order chi connectivity index (χ0) is 13.5. The summed E-state index contributed by atoms with van der Waals surface area (Å²) in [4.78, 5) is 0. The Kier molecular flexibility index (Phi) is 6.73. The molecule has 0 aliphatic carbocycles. The van der Waals surface area contributed by atoms with Crippen LogP contribution >= 0.6 is 11.6 Å². The van der Waals surface area contributed by atoms with E-state index in [0.717, 1.165) is 22.9 Å². The van der Waals surface area contributed by atoms with Gasteiger partial charge in [-0.25, -0.2) is 0 Å². The summed E-state index contributed by atoms with van der Waals surface area (Å²) in [6.07, 6.45) is 6.15. The molecule has 0 bridgehead atoms. The molecule has 1 aromatic rings. The molecule has 0 amide bonds. The maximum absolute atomic E-state index is 6.35. The van der Waals surface area contributed by atoms with E-state index < -0.39 is 0 Å². The molecule has 0 spiro atoms. The first-order chi connectivity index (χ1) is 8.60. The van der Waals surface area contributed by atoms with E-state index in [0.29, 0.717) is 0 Å². The second kappa shape index (κ2) is 7.81. The van der Waals surface area contributed by atoms with Crippen LogP contribution in [0, 0.1) is 12.8 Å². The SMILES string of the molecule is CCCCC(CC)CC(N)c1cccc(Cl)c1C. The van der Waals surface area contributed by atoms with Crippen molar-refractivity contribution >= 4 is 11.6 Å². The van der Waals surface area contributed by atoms with Gasteiger partial charge in [-0.1, -0.05) is 63.3 Å². The average molecular weight is 268 g/mol. The minimum absolute atomic E-state index is 0.116. The molecule has 0 aliphatic rings. The van der Waals surface area contributed by atoms with E-state index in [2.05, 4.69) is 26.8 Å². The third-order valence-corrected chi connectivity index (χ3v) is 4.25. The number of hydrogen-bond acceptors (Lipinski definition) is 1. The molecule has 1 nitrogen and oxygen atoms in total. The van der Waals surface area contributed by atoms with Crippen LogP contribution in [0.15, 0.2) is 18.2 Å². The Labute approximate surface area is 117 Å². The molecule has 0 aliphatic heterocycles. The highest BCUT2D eigenvalue weighted by Gasteiger charge is 2.15. The molecule has 2 unspecified atom stereocenters. The van der Waals surface area contributed by atoms with Crippen molar-refractivity contribution in [1.29, 1.82) is 0 Å². The van der Waals surface area contributed by atoms with E-state index in [1.807, 2.05) is 12.1 Å². The second-order valence-corrected chi connectivity index (χ2v) is 5.62. The van der Waals surface area contributed by atoms with Gasteiger partial charge in [0.2, 0.25) is 0 Å². The van der Waals surface area contributed by atoms with Crippen molar-refractivity contribution < 1.29 is 0 Å². The van der Waals surface area contributed by atoms with Gasteiger partial charge in [0.15, 0.2) is 0 Å². The van der Waals surface area contributed by atoms with Crippen LogP contribution in [0.25, 0.3) is 0 Å². The fourth-order valence-electron chi connectivity index (χ4n) is 2.49. The summed E-state index contributed by atoms with van der Waals surface area (Å²) in [6.45, 7) is 6.57. The minimum Gasteiger partial charge on any atom is -0.324 e. The predicted molar refractivity (Wildman–Crippen MR) is 81.0 cm³/mol. The van der Waals surface area contributed by atoms with Crippen molar-refractivity contribution in [3.8, 4) is 0 Å². The molecule has 0 saturated heterocycles. The minimum atomic E-state index is 0.116. The lowest BCUT2D eigenvalue weighted by Gasteiger charge is -2.21. The third-order valence-electron chi connectivity index (χ3n) is 3.84. The Morgan fingerprint density at radius 3 is 2.61 bits per heavy atom. The smallest absolute Gasteiger partial charge is 0.0438 e. The first kappa shape index (κ1) is 15.5. The van der Waals surface area contributed by atoms with Gasteiger partial charge in [0.1, 0.15) is 0 Å². The lowest BCUT2D eigenvalue weighted by Crippen LogP contribution is -2.16. The Balaban J connectivity index is 2.68. The molecule has 0 fully saturated rings. The number of hydrogen-bond donors (Lipinski definition) is 1. The Hall–Kier alpha value is -0.530. The predicted octanol–water partition coefficient (Wildman–Crippen LogP) is 5.25. The number of unbranched alkanes of at least 4 members (excludes halogenated alkanes) is 1. The van der Waals surface area contributed by atoms with Gasteiger partial charge in [-0.15, -0.1) is 0 Å². The van der Waals surface area contributed by atoms with E-state index in [9.17, 15) is 0 Å². The zero-order valence-electron chi connectivity index (χ0n) is 11.9. The van der Waals surface area contributed by atoms with E-state index >= 15 is 0 Å². The summed E-state index contributed by atoms with van der Waals surface area (Å²) < 4.78 is 0. The van der Waals surface area contributed by atoms with Crippen molar-refractivity contribution in [1.82, 2.24) is 0 Å². The monoisotopic (exact) mass is 267 g/mol. The summed E-state index contributed by atoms with van der Waals surface area (Å²) in [6, 6.07) is 6.16. The Morgan fingerprint density at radius 1 is 1.28 bits per heavy atom. The summed E-state index contributed by atoms with van der Waals surface area (Å²) in [7, 11) is 0. The van der Waals surface area contributed by atoms with Gasteiger partial charge in [-0.2, -0.15) is 0 Å². The van der Waals surface area contributed by atoms with E-state index in [4.69, 9.17) is 17.3 Å². The van der Waals surface area contributed by atoms with Crippen molar-refractivity contribution in [3.05, 3.63) is 34.3 Å². The van der Waals surface area contributed by atoms with Crippen molar-refractivity contribution in [3.63, 3.8) is 0 Å². The molecule has 1 aromatic carbocycles. The lowest BCUT2D eigenvalue weighted by molar-refractivity contribution is 0.388. The largest absolute Gasteiger partial charge is 0.324 e. The van der Waals surface area contributed by atoms with Crippen molar-refractivity contribution in [2.24, 2.45) is 11.7 Å². The van der Waals surface area contributed by atoms with Gasteiger partial charge in [0.25, 0.3) is 0 Å². The molecule has 102 valence electrons. The number of benzene rings is 1. The van der Waals surface area contributed by atoms with Crippen LogP contribution in [0.2, 0.25) is 5.02 Å². The van der Waals surface area contributed by atoms with Crippen LogP contribution in [0.1, 0.15) is 63.1 Å². The quantitative estimate of drug-likeness (QED) is 0.717. The number of nitrogens with two attached hydrogens (primary N) is 1. The molecule has 0 aromatic heterocycles. The standard InChI is InChI=1S/C16H26ClN/c1-4-6-8-13(5-2)11-16(18)14-9-7-10-15(17)12(14)3/h7,9-10,13,16H,4-6,8,11,18H2,1-3H3.